The Morgan fingerprint density at radius 3 is 2.17 bits per heavy atom. The van der Waals surface area contributed by atoms with E-state index >= 15 is 0 Å². The zero-order chi connectivity index (χ0) is 21.4. The van der Waals surface area contributed by atoms with E-state index in [1.165, 1.54) is 18.3 Å². The number of hydrogen-bond acceptors (Lipinski definition) is 4. The van der Waals surface area contributed by atoms with Crippen LogP contribution < -0.4 is 5.43 Å². The van der Waals surface area contributed by atoms with Crippen molar-refractivity contribution in [3.63, 3.8) is 0 Å². The van der Waals surface area contributed by atoms with Gasteiger partial charge < -0.3 is 0 Å². The maximum absolute atomic E-state index is 13.1. The predicted molar refractivity (Wildman–Crippen MR) is 120 cm³/mol. The van der Waals surface area contributed by atoms with E-state index in [0.717, 1.165) is 19.9 Å². The molecule has 0 saturated heterocycles. The van der Waals surface area contributed by atoms with Gasteiger partial charge in [-0.05, 0) is 35.4 Å². The molecule has 0 bridgehead atoms. The van der Waals surface area contributed by atoms with Gasteiger partial charge in [-0.15, -0.1) is 0 Å². The molecule has 3 aromatic carbocycles. The Hall–Kier alpha value is -2.81. The Labute approximate surface area is 184 Å². The van der Waals surface area contributed by atoms with Crippen LogP contribution in [0.3, 0.4) is 0 Å². The van der Waals surface area contributed by atoms with Crippen LogP contribution >= 0.6 is 15.9 Å². The average Bonchev–Trinajstić information content (AvgIpc) is 2.76. The number of nitrogens with zero attached hydrogens (tertiary/aromatic N) is 2. The maximum atomic E-state index is 13.1. The number of halogens is 1. The third kappa shape index (κ3) is 6.09. The number of sulfonamides is 1. The largest absolute Gasteiger partial charge is 0.272 e. The number of hydrazone groups is 1. The minimum Gasteiger partial charge on any atom is -0.272 e. The Balaban J connectivity index is 1.74. The molecule has 0 radical (unpaired) electrons. The molecular weight excluding hydrogens is 466 g/mol. The topological polar surface area (TPSA) is 78.8 Å². The molecule has 0 saturated carbocycles. The summed E-state index contributed by atoms with van der Waals surface area (Å²) in [5.41, 5.74) is 3.98. The lowest BCUT2D eigenvalue weighted by Crippen LogP contribution is -2.39. The second-order valence-corrected chi connectivity index (χ2v) is 9.27. The Kier molecular flexibility index (Phi) is 7.51. The molecule has 0 aliphatic carbocycles. The van der Waals surface area contributed by atoms with Gasteiger partial charge in [-0.3, -0.25) is 4.79 Å². The maximum Gasteiger partial charge on any atom is 0.255 e. The first kappa shape index (κ1) is 21.9. The van der Waals surface area contributed by atoms with Gasteiger partial charge in [-0.2, -0.15) is 9.41 Å². The highest BCUT2D eigenvalue weighted by Gasteiger charge is 2.26. The fraction of sp³-hybridized carbons (Fsp3) is 0.0909. The lowest BCUT2D eigenvalue weighted by molar-refractivity contribution is -0.121. The number of carbonyl (C=O) groups is 1. The van der Waals surface area contributed by atoms with Crippen molar-refractivity contribution in [3.05, 3.63) is 101 Å². The monoisotopic (exact) mass is 485 g/mol. The van der Waals surface area contributed by atoms with Gasteiger partial charge >= 0.3 is 0 Å². The van der Waals surface area contributed by atoms with Crippen molar-refractivity contribution in [1.82, 2.24) is 9.73 Å². The van der Waals surface area contributed by atoms with E-state index in [2.05, 4.69) is 26.5 Å². The van der Waals surface area contributed by atoms with Crippen LogP contribution in [-0.2, 0) is 21.4 Å². The average molecular weight is 486 g/mol. The number of amides is 1. The van der Waals surface area contributed by atoms with Crippen LogP contribution in [0.25, 0.3) is 0 Å². The van der Waals surface area contributed by atoms with Gasteiger partial charge in [0.25, 0.3) is 5.91 Å². The molecule has 6 nitrogen and oxygen atoms in total. The fourth-order valence-corrected chi connectivity index (χ4v) is 4.35. The van der Waals surface area contributed by atoms with Gasteiger partial charge in [0.1, 0.15) is 0 Å². The van der Waals surface area contributed by atoms with Gasteiger partial charge in [0, 0.05) is 11.0 Å². The molecule has 3 rings (SSSR count). The van der Waals surface area contributed by atoms with Crippen molar-refractivity contribution in [3.8, 4) is 0 Å². The van der Waals surface area contributed by atoms with E-state index in [4.69, 9.17) is 0 Å². The number of benzene rings is 3. The highest BCUT2D eigenvalue weighted by molar-refractivity contribution is 9.10. The van der Waals surface area contributed by atoms with Crippen LogP contribution in [0.1, 0.15) is 11.1 Å². The van der Waals surface area contributed by atoms with Gasteiger partial charge in [0.2, 0.25) is 10.0 Å². The fourth-order valence-electron chi connectivity index (χ4n) is 2.68. The molecule has 0 aliphatic rings. The quantitative estimate of drug-likeness (QED) is 0.389. The molecule has 154 valence electrons. The summed E-state index contributed by atoms with van der Waals surface area (Å²) < 4.78 is 28.3. The van der Waals surface area contributed by atoms with E-state index < -0.39 is 15.9 Å². The first-order valence-corrected chi connectivity index (χ1v) is 11.3. The summed E-state index contributed by atoms with van der Waals surface area (Å²) in [5.74, 6) is -0.529. The van der Waals surface area contributed by atoms with Crippen molar-refractivity contribution in [2.45, 2.75) is 11.4 Å². The van der Waals surface area contributed by atoms with E-state index in [1.807, 2.05) is 54.6 Å². The zero-order valence-corrected chi connectivity index (χ0v) is 18.4. The molecule has 0 unspecified atom stereocenters. The van der Waals surface area contributed by atoms with Gasteiger partial charge in [-0.1, -0.05) is 76.6 Å². The molecule has 0 spiro atoms. The number of carbonyl (C=O) groups excluding carboxylic acids is 1. The van der Waals surface area contributed by atoms with Crippen LogP contribution in [0.2, 0.25) is 0 Å². The number of rotatable bonds is 8. The predicted octanol–water partition coefficient (Wildman–Crippen LogP) is 3.79. The molecule has 3 aromatic rings. The Morgan fingerprint density at radius 2 is 1.53 bits per heavy atom. The highest BCUT2D eigenvalue weighted by atomic mass is 79.9. The zero-order valence-electron chi connectivity index (χ0n) is 16.0. The molecule has 0 aromatic heterocycles. The van der Waals surface area contributed by atoms with Crippen molar-refractivity contribution >= 4 is 38.1 Å². The minimum atomic E-state index is -3.86. The molecule has 0 atom stereocenters. The standard InChI is InChI=1S/C22H20BrN3O3S/c23-20-13-11-18(12-14-20)15-24-25-22(27)17-26(16-19-7-3-1-4-8-19)30(28,29)21-9-5-2-6-10-21/h1-15H,16-17H2,(H,25,27)/b24-15+. The Bertz CT molecular complexity index is 1100. The van der Waals surface area contributed by atoms with E-state index in [0.29, 0.717) is 0 Å². The van der Waals surface area contributed by atoms with Crippen molar-refractivity contribution < 1.29 is 13.2 Å². The molecule has 0 heterocycles. The number of hydrogen-bond donors (Lipinski definition) is 1. The number of nitrogens with one attached hydrogen (secondary N) is 1. The third-order valence-electron chi connectivity index (χ3n) is 4.18. The SMILES string of the molecule is O=C(CN(Cc1ccccc1)S(=O)(=O)c1ccccc1)N/N=C/c1ccc(Br)cc1. The van der Waals surface area contributed by atoms with Crippen LogP contribution in [0.5, 0.6) is 0 Å². The lowest BCUT2D eigenvalue weighted by atomic mass is 10.2. The van der Waals surface area contributed by atoms with Gasteiger partial charge in [-0.25, -0.2) is 13.8 Å². The Morgan fingerprint density at radius 1 is 0.933 bits per heavy atom. The molecule has 0 fully saturated rings. The second kappa shape index (κ2) is 10.3. The van der Waals surface area contributed by atoms with E-state index in [9.17, 15) is 13.2 Å². The summed E-state index contributed by atoms with van der Waals surface area (Å²) in [4.78, 5) is 12.6. The van der Waals surface area contributed by atoms with Crippen LogP contribution in [0, 0.1) is 0 Å². The van der Waals surface area contributed by atoms with E-state index in [-0.39, 0.29) is 18.0 Å². The van der Waals surface area contributed by atoms with Crippen molar-refractivity contribution in [2.24, 2.45) is 5.10 Å². The van der Waals surface area contributed by atoms with E-state index in [1.54, 1.807) is 18.2 Å². The highest BCUT2D eigenvalue weighted by Crippen LogP contribution is 2.18. The molecule has 1 amide bonds. The normalized spacial score (nSPS) is 11.7. The first-order chi connectivity index (χ1) is 14.4. The molecular formula is C22H20BrN3O3S. The summed E-state index contributed by atoms with van der Waals surface area (Å²) in [5, 5.41) is 3.92. The molecule has 8 heteroatoms. The second-order valence-electron chi connectivity index (χ2n) is 6.42. The summed E-state index contributed by atoms with van der Waals surface area (Å²) >= 11 is 3.35. The summed E-state index contributed by atoms with van der Waals surface area (Å²) in [7, 11) is -3.86. The first-order valence-electron chi connectivity index (χ1n) is 9.12. The summed E-state index contributed by atoms with van der Waals surface area (Å²) in [6.45, 7) is -0.286. The van der Waals surface area contributed by atoms with Crippen molar-refractivity contribution in [2.75, 3.05) is 6.54 Å². The molecule has 1 N–H and O–H groups in total. The smallest absolute Gasteiger partial charge is 0.255 e. The van der Waals surface area contributed by atoms with Gasteiger partial charge in [0.15, 0.2) is 0 Å². The van der Waals surface area contributed by atoms with Gasteiger partial charge in [0.05, 0.1) is 17.7 Å². The minimum absolute atomic E-state index is 0.0713. The molecule has 0 aliphatic heterocycles. The lowest BCUT2D eigenvalue weighted by Gasteiger charge is -2.21. The van der Waals surface area contributed by atoms with Crippen LogP contribution in [0.4, 0.5) is 0 Å². The summed E-state index contributed by atoms with van der Waals surface area (Å²) in [6.07, 6.45) is 1.50. The van der Waals surface area contributed by atoms with Crippen LogP contribution in [-0.4, -0.2) is 31.4 Å². The van der Waals surface area contributed by atoms with Crippen LogP contribution in [0.15, 0.2) is 99.4 Å². The van der Waals surface area contributed by atoms with Crippen molar-refractivity contribution in [1.29, 1.82) is 0 Å². The third-order valence-corrected chi connectivity index (χ3v) is 6.51. The summed E-state index contributed by atoms with van der Waals surface area (Å²) in [6, 6.07) is 24.6. The molecule has 30 heavy (non-hydrogen) atoms.